The Morgan fingerprint density at radius 2 is 1.90 bits per heavy atom. The molecule has 1 saturated heterocycles. The van der Waals surface area contributed by atoms with E-state index in [9.17, 15) is 9.59 Å². The lowest BCUT2D eigenvalue weighted by Gasteiger charge is -2.41. The van der Waals surface area contributed by atoms with Crippen LogP contribution >= 0.6 is 22.9 Å². The van der Waals surface area contributed by atoms with E-state index in [0.717, 1.165) is 18.7 Å². The zero-order valence-corrected chi connectivity index (χ0v) is 19.5. The van der Waals surface area contributed by atoms with Gasteiger partial charge in [-0.3, -0.25) is 14.5 Å². The lowest BCUT2D eigenvalue weighted by molar-refractivity contribution is -0.142. The smallest absolute Gasteiger partial charge is 0.237 e. The molecule has 0 aliphatic carbocycles. The van der Waals surface area contributed by atoms with E-state index >= 15 is 0 Å². The van der Waals surface area contributed by atoms with E-state index in [1.165, 1.54) is 16.0 Å². The largest absolute Gasteiger partial charge is 0.497 e. The van der Waals surface area contributed by atoms with E-state index in [1.807, 2.05) is 24.0 Å². The standard InChI is InChI=1S/C23H28ClN3O3S/c1-16-14-25(10-11-27(16)21(28)13-24)22(29)15-26-9-7-20-19(8-12-31-20)23(26)17-3-5-18(30-2)6-4-17/h3-6,8,12,16,23H,7,9-11,13-15H2,1-2H3. The average molecular weight is 462 g/mol. The number of carbonyl (C=O) groups is 2. The number of piperazine rings is 1. The van der Waals surface area contributed by atoms with Crippen molar-refractivity contribution in [1.29, 1.82) is 0 Å². The Hall–Kier alpha value is -2.09. The lowest BCUT2D eigenvalue weighted by Crippen LogP contribution is -2.57. The van der Waals surface area contributed by atoms with Crippen LogP contribution in [-0.2, 0) is 16.0 Å². The van der Waals surface area contributed by atoms with Gasteiger partial charge in [0.1, 0.15) is 11.6 Å². The van der Waals surface area contributed by atoms with Gasteiger partial charge in [-0.15, -0.1) is 22.9 Å². The average Bonchev–Trinajstić information content (AvgIpc) is 3.27. The molecule has 2 aliphatic heterocycles. The predicted octanol–water partition coefficient (Wildman–Crippen LogP) is 3.00. The van der Waals surface area contributed by atoms with Crippen LogP contribution in [0.1, 0.15) is 29.0 Å². The first-order chi connectivity index (χ1) is 15.0. The molecule has 2 aromatic rings. The summed E-state index contributed by atoms with van der Waals surface area (Å²) >= 11 is 7.51. The second-order valence-corrected chi connectivity index (χ2v) is 9.37. The molecule has 166 valence electrons. The van der Waals surface area contributed by atoms with Crippen molar-refractivity contribution in [3.05, 3.63) is 51.7 Å². The molecular formula is C23H28ClN3O3S. The summed E-state index contributed by atoms with van der Waals surface area (Å²) in [7, 11) is 1.67. The summed E-state index contributed by atoms with van der Waals surface area (Å²) < 4.78 is 5.32. The molecule has 1 aromatic heterocycles. The maximum Gasteiger partial charge on any atom is 0.237 e. The molecule has 0 radical (unpaired) electrons. The first-order valence-corrected chi connectivity index (χ1v) is 12.0. The Labute approximate surface area is 192 Å². The SMILES string of the molecule is COc1ccc(C2c3ccsc3CCN2CC(=O)N2CCN(C(=O)CCl)C(C)C2)cc1. The fourth-order valence-electron chi connectivity index (χ4n) is 4.62. The number of rotatable bonds is 5. The number of nitrogens with zero attached hydrogens (tertiary/aromatic N) is 3. The first kappa shape index (κ1) is 22.1. The minimum absolute atomic E-state index is 0.0153. The van der Waals surface area contributed by atoms with Crippen molar-refractivity contribution in [1.82, 2.24) is 14.7 Å². The van der Waals surface area contributed by atoms with Crippen molar-refractivity contribution in [2.45, 2.75) is 25.4 Å². The van der Waals surface area contributed by atoms with Gasteiger partial charge in [-0.1, -0.05) is 12.1 Å². The molecule has 3 heterocycles. The van der Waals surface area contributed by atoms with Crippen LogP contribution in [0.2, 0.25) is 0 Å². The highest BCUT2D eigenvalue weighted by molar-refractivity contribution is 7.10. The number of ether oxygens (including phenoxy) is 1. The first-order valence-electron chi connectivity index (χ1n) is 10.6. The quantitative estimate of drug-likeness (QED) is 0.642. The molecule has 2 unspecified atom stereocenters. The molecule has 0 spiro atoms. The van der Waals surface area contributed by atoms with Crippen LogP contribution < -0.4 is 4.74 Å². The van der Waals surface area contributed by atoms with Crippen LogP contribution in [0, 0.1) is 0 Å². The molecule has 2 aliphatic rings. The van der Waals surface area contributed by atoms with Gasteiger partial charge >= 0.3 is 0 Å². The summed E-state index contributed by atoms with van der Waals surface area (Å²) in [4.78, 5) is 32.5. The van der Waals surface area contributed by atoms with Crippen molar-refractivity contribution < 1.29 is 14.3 Å². The summed E-state index contributed by atoms with van der Waals surface area (Å²) in [5.74, 6) is 0.855. The van der Waals surface area contributed by atoms with Gasteiger partial charge in [0, 0.05) is 37.1 Å². The van der Waals surface area contributed by atoms with E-state index in [0.29, 0.717) is 26.2 Å². The summed E-state index contributed by atoms with van der Waals surface area (Å²) in [6.45, 7) is 4.82. The molecule has 2 amide bonds. The highest BCUT2D eigenvalue weighted by atomic mass is 35.5. The van der Waals surface area contributed by atoms with Crippen LogP contribution in [0.5, 0.6) is 5.75 Å². The third-order valence-corrected chi connectivity index (χ3v) is 7.48. The Morgan fingerprint density at radius 3 is 2.58 bits per heavy atom. The number of thiophene rings is 1. The van der Waals surface area contributed by atoms with Gasteiger partial charge in [0.05, 0.1) is 19.7 Å². The third kappa shape index (κ3) is 4.59. The maximum absolute atomic E-state index is 13.2. The van der Waals surface area contributed by atoms with Gasteiger partial charge in [0.25, 0.3) is 0 Å². The van der Waals surface area contributed by atoms with Crippen LogP contribution in [-0.4, -0.2) is 78.3 Å². The minimum atomic E-state index is -0.0677. The molecular weight excluding hydrogens is 434 g/mol. The van der Waals surface area contributed by atoms with Gasteiger partial charge in [-0.2, -0.15) is 0 Å². The molecule has 0 saturated carbocycles. The molecule has 0 bridgehead atoms. The molecule has 0 N–H and O–H groups in total. The van der Waals surface area contributed by atoms with Crippen molar-refractivity contribution in [3.63, 3.8) is 0 Å². The summed E-state index contributed by atoms with van der Waals surface area (Å²) in [5.41, 5.74) is 2.46. The highest BCUT2D eigenvalue weighted by Crippen LogP contribution is 2.38. The normalized spacial score (nSPS) is 21.6. The maximum atomic E-state index is 13.2. The van der Waals surface area contributed by atoms with E-state index < -0.39 is 0 Å². The van der Waals surface area contributed by atoms with E-state index in [2.05, 4.69) is 28.5 Å². The monoisotopic (exact) mass is 461 g/mol. The molecule has 8 heteroatoms. The van der Waals surface area contributed by atoms with E-state index in [4.69, 9.17) is 16.3 Å². The number of halogens is 1. The van der Waals surface area contributed by atoms with Crippen LogP contribution in [0.3, 0.4) is 0 Å². The molecule has 6 nitrogen and oxygen atoms in total. The van der Waals surface area contributed by atoms with E-state index in [-0.39, 0.29) is 29.8 Å². The minimum Gasteiger partial charge on any atom is -0.497 e. The lowest BCUT2D eigenvalue weighted by atomic mass is 9.93. The highest BCUT2D eigenvalue weighted by Gasteiger charge is 2.34. The molecule has 1 aromatic carbocycles. The number of carbonyl (C=O) groups excluding carboxylic acids is 2. The van der Waals surface area contributed by atoms with Crippen molar-refractivity contribution in [2.24, 2.45) is 0 Å². The Morgan fingerprint density at radius 1 is 1.13 bits per heavy atom. The third-order valence-electron chi connectivity index (χ3n) is 6.25. The Bertz CT molecular complexity index is 932. The number of hydrogen-bond donors (Lipinski definition) is 0. The van der Waals surface area contributed by atoms with Crippen LogP contribution in [0.25, 0.3) is 0 Å². The zero-order valence-electron chi connectivity index (χ0n) is 17.9. The summed E-state index contributed by atoms with van der Waals surface area (Å²) in [6.07, 6.45) is 0.960. The van der Waals surface area contributed by atoms with Crippen molar-refractivity contribution in [2.75, 3.05) is 45.7 Å². The second kappa shape index (κ2) is 9.59. The number of methoxy groups -OCH3 is 1. The Balaban J connectivity index is 1.50. The second-order valence-electron chi connectivity index (χ2n) is 8.10. The number of fused-ring (bicyclic) bond motifs is 1. The topological polar surface area (TPSA) is 53.1 Å². The van der Waals surface area contributed by atoms with Crippen molar-refractivity contribution >= 4 is 34.8 Å². The van der Waals surface area contributed by atoms with Gasteiger partial charge in [-0.05, 0) is 48.1 Å². The van der Waals surface area contributed by atoms with Crippen LogP contribution in [0.4, 0.5) is 0 Å². The Kier molecular flexibility index (Phi) is 6.84. The van der Waals surface area contributed by atoms with E-state index in [1.54, 1.807) is 23.3 Å². The molecule has 31 heavy (non-hydrogen) atoms. The number of benzene rings is 1. The van der Waals surface area contributed by atoms with Gasteiger partial charge in [-0.25, -0.2) is 0 Å². The molecule has 1 fully saturated rings. The summed E-state index contributed by atoms with van der Waals surface area (Å²) in [6, 6.07) is 10.4. The number of amides is 2. The fourth-order valence-corrected chi connectivity index (χ4v) is 5.68. The van der Waals surface area contributed by atoms with Gasteiger partial charge in [0.2, 0.25) is 11.8 Å². The zero-order chi connectivity index (χ0) is 22.0. The molecule has 2 atom stereocenters. The molecule has 4 rings (SSSR count). The van der Waals surface area contributed by atoms with Crippen molar-refractivity contribution in [3.8, 4) is 5.75 Å². The summed E-state index contributed by atoms with van der Waals surface area (Å²) in [5, 5.41) is 2.14. The number of hydrogen-bond acceptors (Lipinski definition) is 5. The van der Waals surface area contributed by atoms with Gasteiger partial charge in [0.15, 0.2) is 0 Å². The van der Waals surface area contributed by atoms with Crippen LogP contribution in [0.15, 0.2) is 35.7 Å². The van der Waals surface area contributed by atoms with Gasteiger partial charge < -0.3 is 14.5 Å². The predicted molar refractivity (Wildman–Crippen MR) is 123 cm³/mol. The fraction of sp³-hybridized carbons (Fsp3) is 0.478. The number of alkyl halides is 1.